The van der Waals surface area contributed by atoms with Crippen LogP contribution in [0.2, 0.25) is 0 Å². The Balaban J connectivity index is 2.37. The number of nitrogens with two attached hydrogens (primary N) is 1. The number of hydrogen-bond donors (Lipinski definition) is 1. The zero-order chi connectivity index (χ0) is 15.8. The quantitative estimate of drug-likeness (QED) is 0.484. The second kappa shape index (κ2) is 7.94. The summed E-state index contributed by atoms with van der Waals surface area (Å²) in [4.78, 5) is 24.8. The van der Waals surface area contributed by atoms with Crippen molar-refractivity contribution in [3.8, 4) is 0 Å². The third-order valence-corrected chi connectivity index (χ3v) is 2.53. The molecule has 0 atom stereocenters. The van der Waals surface area contributed by atoms with Crippen LogP contribution < -0.4 is 10.6 Å². The van der Waals surface area contributed by atoms with E-state index in [0.29, 0.717) is 11.3 Å². The Hall–Kier alpha value is -2.50. The number of anilines is 1. The van der Waals surface area contributed by atoms with Crippen molar-refractivity contribution < 1.29 is 19.1 Å². The summed E-state index contributed by atoms with van der Waals surface area (Å²) in [5.41, 5.74) is 7.12. The highest BCUT2D eigenvalue weighted by molar-refractivity contribution is 5.89. The van der Waals surface area contributed by atoms with Crippen molar-refractivity contribution in [2.24, 2.45) is 5.73 Å². The number of benzene rings is 1. The van der Waals surface area contributed by atoms with Crippen LogP contribution in [0.15, 0.2) is 36.0 Å². The van der Waals surface area contributed by atoms with Crippen molar-refractivity contribution in [3.63, 3.8) is 0 Å². The van der Waals surface area contributed by atoms with Gasteiger partial charge in [-0.2, -0.15) is 0 Å². The summed E-state index contributed by atoms with van der Waals surface area (Å²) in [5, 5.41) is 0. The van der Waals surface area contributed by atoms with Gasteiger partial charge >= 0.3 is 11.9 Å². The lowest BCUT2D eigenvalue weighted by molar-refractivity contribution is -0.138. The Bertz CT molecular complexity index is 517. The van der Waals surface area contributed by atoms with Gasteiger partial charge < -0.3 is 20.1 Å². The van der Waals surface area contributed by atoms with Crippen LogP contribution in [0.4, 0.5) is 5.69 Å². The highest BCUT2D eigenvalue weighted by atomic mass is 16.6. The molecule has 0 aliphatic rings. The molecule has 0 aromatic heterocycles. The molecule has 6 nitrogen and oxygen atoms in total. The number of esters is 2. The fraction of sp³-hybridized carbons (Fsp3) is 0.333. The Morgan fingerprint density at radius 1 is 1.14 bits per heavy atom. The van der Waals surface area contributed by atoms with Gasteiger partial charge in [0, 0.05) is 31.6 Å². The maximum absolute atomic E-state index is 11.7. The summed E-state index contributed by atoms with van der Waals surface area (Å²) in [7, 11) is 3.83. The van der Waals surface area contributed by atoms with Crippen LogP contribution in [0.1, 0.15) is 17.3 Å². The van der Waals surface area contributed by atoms with Gasteiger partial charge in [-0.05, 0) is 31.2 Å². The van der Waals surface area contributed by atoms with Crippen molar-refractivity contribution in [3.05, 3.63) is 41.6 Å². The first-order valence-corrected chi connectivity index (χ1v) is 6.45. The van der Waals surface area contributed by atoms with Crippen LogP contribution >= 0.6 is 0 Å². The van der Waals surface area contributed by atoms with E-state index in [4.69, 9.17) is 15.2 Å². The molecule has 0 spiro atoms. The van der Waals surface area contributed by atoms with E-state index in [1.54, 1.807) is 19.1 Å². The molecule has 114 valence electrons. The summed E-state index contributed by atoms with van der Waals surface area (Å²) in [6, 6.07) is 7.02. The monoisotopic (exact) mass is 292 g/mol. The molecule has 0 radical (unpaired) electrons. The zero-order valence-electron chi connectivity index (χ0n) is 12.5. The number of ether oxygens (including phenoxy) is 2. The third kappa shape index (κ3) is 5.99. The second-order valence-corrected chi connectivity index (χ2v) is 4.63. The molecule has 0 aliphatic carbocycles. The SMILES string of the molecule is C/C(N)=C/C(=O)OCCOC(=O)c1ccc(N(C)C)cc1. The Kier molecular flexibility index (Phi) is 6.26. The first kappa shape index (κ1) is 16.6. The lowest BCUT2D eigenvalue weighted by atomic mass is 10.2. The minimum Gasteiger partial charge on any atom is -0.459 e. The summed E-state index contributed by atoms with van der Waals surface area (Å²) in [5.74, 6) is -1.01. The molecule has 1 aromatic carbocycles. The van der Waals surface area contributed by atoms with E-state index in [1.807, 2.05) is 31.1 Å². The van der Waals surface area contributed by atoms with Gasteiger partial charge in [0.05, 0.1) is 5.56 Å². The van der Waals surface area contributed by atoms with E-state index in [2.05, 4.69) is 0 Å². The standard InChI is InChI=1S/C15H20N2O4/c1-11(16)10-14(18)20-8-9-21-15(19)12-4-6-13(7-5-12)17(2)3/h4-7,10H,8-9,16H2,1-3H3/b11-10-. The van der Waals surface area contributed by atoms with Crippen molar-refractivity contribution in [2.45, 2.75) is 6.92 Å². The highest BCUT2D eigenvalue weighted by Crippen LogP contribution is 2.12. The zero-order valence-corrected chi connectivity index (χ0v) is 12.5. The second-order valence-electron chi connectivity index (χ2n) is 4.63. The molecule has 1 aromatic rings. The predicted octanol–water partition coefficient (Wildman–Crippen LogP) is 1.32. The van der Waals surface area contributed by atoms with Crippen LogP contribution in [0.25, 0.3) is 0 Å². The van der Waals surface area contributed by atoms with E-state index < -0.39 is 11.9 Å². The average molecular weight is 292 g/mol. The lowest BCUT2D eigenvalue weighted by Crippen LogP contribution is -2.14. The molecule has 2 N–H and O–H groups in total. The fourth-order valence-corrected chi connectivity index (χ4v) is 1.48. The van der Waals surface area contributed by atoms with E-state index >= 15 is 0 Å². The van der Waals surface area contributed by atoms with Crippen molar-refractivity contribution >= 4 is 17.6 Å². The van der Waals surface area contributed by atoms with Gasteiger partial charge in [0.2, 0.25) is 0 Å². The van der Waals surface area contributed by atoms with Gasteiger partial charge in [0.25, 0.3) is 0 Å². The predicted molar refractivity (Wildman–Crippen MR) is 80.0 cm³/mol. The molecular weight excluding hydrogens is 272 g/mol. The molecule has 21 heavy (non-hydrogen) atoms. The highest BCUT2D eigenvalue weighted by Gasteiger charge is 2.07. The van der Waals surface area contributed by atoms with Gasteiger partial charge in [0.15, 0.2) is 0 Å². The van der Waals surface area contributed by atoms with Gasteiger partial charge in [-0.15, -0.1) is 0 Å². The summed E-state index contributed by atoms with van der Waals surface area (Å²) in [6.07, 6.45) is 1.17. The van der Waals surface area contributed by atoms with Crippen LogP contribution in [0.3, 0.4) is 0 Å². The molecule has 0 saturated heterocycles. The Morgan fingerprint density at radius 2 is 1.71 bits per heavy atom. The van der Waals surface area contributed by atoms with Gasteiger partial charge in [-0.3, -0.25) is 0 Å². The Labute approximate surface area is 124 Å². The number of hydrogen-bond acceptors (Lipinski definition) is 6. The average Bonchev–Trinajstić information content (AvgIpc) is 2.42. The van der Waals surface area contributed by atoms with E-state index in [0.717, 1.165) is 5.69 Å². The molecule has 0 amide bonds. The minimum atomic E-state index is -0.554. The minimum absolute atomic E-state index is 0.00252. The molecule has 1 rings (SSSR count). The van der Waals surface area contributed by atoms with Gasteiger partial charge in [0.1, 0.15) is 13.2 Å². The molecule has 0 bridgehead atoms. The van der Waals surface area contributed by atoms with Crippen LogP contribution in [0.5, 0.6) is 0 Å². The maximum atomic E-state index is 11.7. The van der Waals surface area contributed by atoms with Gasteiger partial charge in [-0.1, -0.05) is 0 Å². The van der Waals surface area contributed by atoms with Crippen LogP contribution in [-0.2, 0) is 14.3 Å². The fourth-order valence-electron chi connectivity index (χ4n) is 1.48. The molecule has 0 aliphatic heterocycles. The molecule has 0 saturated carbocycles. The topological polar surface area (TPSA) is 81.9 Å². The summed E-state index contributed by atoms with van der Waals surface area (Å²) >= 11 is 0. The lowest BCUT2D eigenvalue weighted by Gasteiger charge is -2.12. The number of carbonyl (C=O) groups excluding carboxylic acids is 2. The smallest absolute Gasteiger partial charge is 0.338 e. The summed E-state index contributed by atoms with van der Waals surface area (Å²) in [6.45, 7) is 1.57. The number of rotatable bonds is 6. The van der Waals surface area contributed by atoms with E-state index in [9.17, 15) is 9.59 Å². The number of nitrogens with zero attached hydrogens (tertiary/aromatic N) is 1. The maximum Gasteiger partial charge on any atom is 0.338 e. The van der Waals surface area contributed by atoms with Crippen LogP contribution in [0, 0.1) is 0 Å². The Morgan fingerprint density at radius 3 is 2.24 bits per heavy atom. The van der Waals surface area contributed by atoms with Crippen molar-refractivity contribution in [2.75, 3.05) is 32.2 Å². The van der Waals surface area contributed by atoms with E-state index in [-0.39, 0.29) is 13.2 Å². The number of allylic oxidation sites excluding steroid dienone is 1. The first-order valence-electron chi connectivity index (χ1n) is 6.45. The molecule has 6 heteroatoms. The normalized spacial score (nSPS) is 10.9. The number of carbonyl (C=O) groups is 2. The van der Waals surface area contributed by atoms with Crippen LogP contribution in [-0.4, -0.2) is 39.2 Å². The molecule has 0 unspecified atom stereocenters. The van der Waals surface area contributed by atoms with Crippen molar-refractivity contribution in [1.82, 2.24) is 0 Å². The molecule has 0 heterocycles. The molecule has 0 fully saturated rings. The van der Waals surface area contributed by atoms with Gasteiger partial charge in [-0.25, -0.2) is 9.59 Å². The largest absolute Gasteiger partial charge is 0.459 e. The van der Waals surface area contributed by atoms with E-state index in [1.165, 1.54) is 6.08 Å². The van der Waals surface area contributed by atoms with Crippen molar-refractivity contribution in [1.29, 1.82) is 0 Å². The molecular formula is C15H20N2O4. The third-order valence-electron chi connectivity index (χ3n) is 2.53. The summed E-state index contributed by atoms with van der Waals surface area (Å²) < 4.78 is 9.81. The first-order chi connectivity index (χ1) is 9.90.